The molecule has 0 saturated carbocycles. The van der Waals surface area contributed by atoms with Gasteiger partial charge in [0.2, 0.25) is 10.0 Å². The quantitative estimate of drug-likeness (QED) is 0.489. The number of carbonyl (C=O) groups excluding carboxylic acids is 1. The van der Waals surface area contributed by atoms with Gasteiger partial charge in [0.15, 0.2) is 5.78 Å². The van der Waals surface area contributed by atoms with E-state index in [0.717, 1.165) is 10.2 Å². The third kappa shape index (κ3) is 2.18. The minimum absolute atomic E-state index is 0.0117. The third-order valence-corrected chi connectivity index (χ3v) is 4.02. The Morgan fingerprint density at radius 1 is 1.30 bits per heavy atom. The molecule has 7 nitrogen and oxygen atoms in total. The lowest BCUT2D eigenvalue weighted by Crippen LogP contribution is -2.15. The summed E-state index contributed by atoms with van der Waals surface area (Å²) < 4.78 is 24.6. The smallest absolute Gasteiger partial charge is 0.273 e. The highest BCUT2D eigenvalue weighted by Gasteiger charge is 2.22. The van der Waals surface area contributed by atoms with Crippen LogP contribution in [0, 0.1) is 17.0 Å². The van der Waals surface area contributed by atoms with Crippen molar-refractivity contribution in [1.29, 1.82) is 0 Å². The monoisotopic (exact) mass is 296 g/mol. The lowest BCUT2D eigenvalue weighted by Gasteiger charge is -2.06. The van der Waals surface area contributed by atoms with Crippen LogP contribution in [-0.2, 0) is 10.0 Å². The minimum Gasteiger partial charge on any atom is -0.293 e. The number of ketones is 1. The lowest BCUT2D eigenvalue weighted by molar-refractivity contribution is -0.385. The van der Waals surface area contributed by atoms with Crippen molar-refractivity contribution in [1.82, 2.24) is 3.97 Å². The van der Waals surface area contributed by atoms with Crippen LogP contribution in [0.25, 0.3) is 10.9 Å². The van der Waals surface area contributed by atoms with E-state index in [2.05, 4.69) is 0 Å². The first-order valence-corrected chi connectivity index (χ1v) is 7.49. The third-order valence-electron chi connectivity index (χ3n) is 2.96. The van der Waals surface area contributed by atoms with Gasteiger partial charge in [0.25, 0.3) is 5.69 Å². The second-order valence-corrected chi connectivity index (χ2v) is 6.40. The largest absolute Gasteiger partial charge is 0.293 e. The fraction of sp³-hybridized carbons (Fsp3) is 0.250. The summed E-state index contributed by atoms with van der Waals surface area (Å²) in [6, 6.07) is 4.03. The highest BCUT2D eigenvalue weighted by Crippen LogP contribution is 2.29. The lowest BCUT2D eigenvalue weighted by atomic mass is 10.1. The van der Waals surface area contributed by atoms with Crippen LogP contribution in [0.4, 0.5) is 5.69 Å². The van der Waals surface area contributed by atoms with E-state index in [1.165, 1.54) is 32.0 Å². The molecular weight excluding hydrogens is 284 g/mol. The number of hydrogen-bond acceptors (Lipinski definition) is 5. The number of nitrogens with zero attached hydrogens (tertiary/aromatic N) is 2. The van der Waals surface area contributed by atoms with Crippen LogP contribution in [0.1, 0.15) is 23.0 Å². The maximum absolute atomic E-state index is 11.8. The highest BCUT2D eigenvalue weighted by molar-refractivity contribution is 7.89. The standard InChI is InChI=1S/C12H12N2O5S/c1-7-4-12-9(5-10(7)14(16)17)6-11(8(2)15)13(12)20(3,18)19/h4-6H,1-3H3. The summed E-state index contributed by atoms with van der Waals surface area (Å²) in [6.07, 6.45) is 0.982. The molecule has 2 rings (SSSR count). The Kier molecular flexibility index (Phi) is 3.13. The molecule has 0 bridgehead atoms. The zero-order valence-corrected chi connectivity index (χ0v) is 11.9. The van der Waals surface area contributed by atoms with Crippen molar-refractivity contribution in [3.05, 3.63) is 39.6 Å². The molecule has 1 aromatic heterocycles. The second-order valence-electron chi connectivity index (χ2n) is 4.57. The molecule has 0 spiro atoms. The number of fused-ring (bicyclic) bond motifs is 1. The Labute approximate surface area is 115 Å². The molecule has 0 N–H and O–H groups in total. The van der Waals surface area contributed by atoms with Crippen LogP contribution < -0.4 is 0 Å². The van der Waals surface area contributed by atoms with Crippen LogP contribution in [0.3, 0.4) is 0 Å². The SMILES string of the molecule is CC(=O)c1cc2cc([N+](=O)[O-])c(C)cc2n1S(C)(=O)=O. The first-order valence-electron chi connectivity index (χ1n) is 5.65. The number of aryl methyl sites for hydroxylation is 1. The van der Waals surface area contributed by atoms with Gasteiger partial charge in [-0.2, -0.15) is 0 Å². The van der Waals surface area contributed by atoms with E-state index in [1.807, 2.05) is 0 Å². The van der Waals surface area contributed by atoms with Crippen LogP contribution in [0.2, 0.25) is 0 Å². The van der Waals surface area contributed by atoms with Gasteiger partial charge in [-0.3, -0.25) is 14.9 Å². The molecule has 0 atom stereocenters. The molecule has 0 radical (unpaired) electrons. The number of benzene rings is 1. The average molecular weight is 296 g/mol. The van der Waals surface area contributed by atoms with Crippen molar-refractivity contribution in [3.63, 3.8) is 0 Å². The van der Waals surface area contributed by atoms with E-state index in [4.69, 9.17) is 0 Å². The molecule has 106 valence electrons. The van der Waals surface area contributed by atoms with Gasteiger partial charge in [0, 0.05) is 23.9 Å². The number of rotatable bonds is 3. The molecule has 2 aromatic rings. The zero-order chi connectivity index (χ0) is 15.2. The molecule has 0 unspecified atom stereocenters. The van der Waals surface area contributed by atoms with Gasteiger partial charge in [-0.1, -0.05) is 0 Å². The van der Waals surface area contributed by atoms with Crippen LogP contribution in [0.15, 0.2) is 18.2 Å². The van der Waals surface area contributed by atoms with E-state index in [1.54, 1.807) is 0 Å². The summed E-state index contributed by atoms with van der Waals surface area (Å²) in [5.41, 5.74) is 0.474. The number of aromatic nitrogens is 1. The molecule has 0 aliphatic carbocycles. The van der Waals surface area contributed by atoms with Gasteiger partial charge >= 0.3 is 0 Å². The Bertz CT molecular complexity index is 848. The minimum atomic E-state index is -3.69. The Balaban J connectivity index is 2.97. The first kappa shape index (κ1) is 14.2. The van der Waals surface area contributed by atoms with Crippen LogP contribution in [0.5, 0.6) is 0 Å². The second kappa shape index (κ2) is 4.41. The molecule has 0 saturated heterocycles. The normalized spacial score (nSPS) is 11.8. The fourth-order valence-electron chi connectivity index (χ4n) is 2.12. The summed E-state index contributed by atoms with van der Waals surface area (Å²) >= 11 is 0. The Hall–Kier alpha value is -2.22. The van der Waals surface area contributed by atoms with E-state index in [9.17, 15) is 23.3 Å². The average Bonchev–Trinajstić information content (AvgIpc) is 2.65. The van der Waals surface area contributed by atoms with Crippen LogP contribution >= 0.6 is 0 Å². The zero-order valence-electron chi connectivity index (χ0n) is 11.1. The van der Waals surface area contributed by atoms with Crippen molar-refractivity contribution in [2.24, 2.45) is 0 Å². The number of hydrogen-bond donors (Lipinski definition) is 0. The maximum Gasteiger partial charge on any atom is 0.273 e. The summed E-state index contributed by atoms with van der Waals surface area (Å²) in [5.74, 6) is -0.424. The number of Topliss-reactive ketones (excluding diaryl/α,β-unsaturated/α-hetero) is 1. The summed E-state index contributed by atoms with van der Waals surface area (Å²) in [6.45, 7) is 2.77. The molecule has 0 fully saturated rings. The number of carbonyl (C=O) groups is 1. The molecule has 1 aromatic carbocycles. The van der Waals surface area contributed by atoms with Gasteiger partial charge in [-0.15, -0.1) is 0 Å². The molecule has 0 aliphatic rings. The number of nitro groups is 1. The van der Waals surface area contributed by atoms with Crippen molar-refractivity contribution in [3.8, 4) is 0 Å². The van der Waals surface area contributed by atoms with E-state index in [0.29, 0.717) is 10.9 Å². The molecule has 0 amide bonds. The van der Waals surface area contributed by atoms with Crippen molar-refractivity contribution >= 4 is 32.4 Å². The Morgan fingerprint density at radius 3 is 2.35 bits per heavy atom. The molecule has 20 heavy (non-hydrogen) atoms. The van der Waals surface area contributed by atoms with Gasteiger partial charge < -0.3 is 0 Å². The summed E-state index contributed by atoms with van der Waals surface area (Å²) in [4.78, 5) is 21.9. The number of nitro benzene ring substituents is 1. The van der Waals surface area contributed by atoms with E-state index in [-0.39, 0.29) is 16.9 Å². The molecule has 1 heterocycles. The van der Waals surface area contributed by atoms with Crippen molar-refractivity contribution in [2.45, 2.75) is 13.8 Å². The molecule has 8 heteroatoms. The summed E-state index contributed by atoms with van der Waals surface area (Å²) in [7, 11) is -3.69. The van der Waals surface area contributed by atoms with Gasteiger partial charge in [-0.25, -0.2) is 12.4 Å². The predicted molar refractivity (Wildman–Crippen MR) is 73.6 cm³/mol. The Morgan fingerprint density at radius 2 is 1.90 bits per heavy atom. The predicted octanol–water partition coefficient (Wildman–Crippen LogP) is 1.87. The first-order chi connectivity index (χ1) is 9.12. The molecule has 0 aliphatic heterocycles. The maximum atomic E-state index is 11.8. The molecular formula is C12H12N2O5S. The topological polar surface area (TPSA) is 99.3 Å². The van der Waals surface area contributed by atoms with Gasteiger partial charge in [-0.05, 0) is 19.1 Å². The highest BCUT2D eigenvalue weighted by atomic mass is 32.2. The van der Waals surface area contributed by atoms with Gasteiger partial charge in [0.1, 0.15) is 5.69 Å². The van der Waals surface area contributed by atoms with E-state index >= 15 is 0 Å². The van der Waals surface area contributed by atoms with E-state index < -0.39 is 20.7 Å². The van der Waals surface area contributed by atoms with Gasteiger partial charge in [0.05, 0.1) is 16.7 Å². The van der Waals surface area contributed by atoms with Crippen molar-refractivity contribution in [2.75, 3.05) is 6.26 Å². The fourth-order valence-corrected chi connectivity index (χ4v) is 3.18. The van der Waals surface area contributed by atoms with Crippen LogP contribution in [-0.4, -0.2) is 29.4 Å². The summed E-state index contributed by atoms with van der Waals surface area (Å²) in [5, 5.41) is 11.2. The van der Waals surface area contributed by atoms with Crippen molar-refractivity contribution < 1.29 is 18.1 Å².